The first-order valence-corrected chi connectivity index (χ1v) is 16.6. The molecule has 10 nitrogen and oxygen atoms in total. The van der Waals surface area contributed by atoms with Crippen molar-refractivity contribution in [1.29, 1.82) is 0 Å². The number of H-pyrrole nitrogens is 2. The third-order valence-electron chi connectivity index (χ3n) is 9.14. The first kappa shape index (κ1) is 31.0. The molecule has 4 heterocycles. The minimum Gasteiger partial charge on any atom is -0.444 e. The Balaban J connectivity index is 1.01. The quantitative estimate of drug-likeness (QED) is 0.228. The number of aromatic nitrogens is 4. The molecule has 4 atom stereocenters. The largest absolute Gasteiger partial charge is 0.444 e. The van der Waals surface area contributed by atoms with Crippen LogP contribution in [0.2, 0.25) is 0 Å². The molecule has 7 rings (SSSR count). The van der Waals surface area contributed by atoms with E-state index in [9.17, 15) is 9.59 Å². The van der Waals surface area contributed by atoms with Crippen LogP contribution in [0, 0.1) is 5.92 Å². The maximum atomic E-state index is 13.0. The number of likely N-dealkylation sites (tertiary alicyclic amines) is 2. The Bertz CT molecular complexity index is 1760. The third-order valence-corrected chi connectivity index (χ3v) is 9.14. The summed E-state index contributed by atoms with van der Waals surface area (Å²) in [5.41, 5.74) is 5.05. The number of rotatable bonds is 5. The number of hydrogen-bond donors (Lipinski definition) is 2. The average molecular weight is 637 g/mol. The molecule has 2 N–H and O–H groups in total. The number of amides is 2. The Kier molecular flexibility index (Phi) is 7.64. The van der Waals surface area contributed by atoms with Gasteiger partial charge >= 0.3 is 12.2 Å². The zero-order valence-corrected chi connectivity index (χ0v) is 28.0. The van der Waals surface area contributed by atoms with Crippen LogP contribution in [0.1, 0.15) is 91.0 Å². The maximum Gasteiger partial charge on any atom is 0.411 e. The molecular weight excluding hydrogens is 592 g/mol. The lowest BCUT2D eigenvalue weighted by molar-refractivity contribution is 0.0172. The lowest BCUT2D eigenvalue weighted by Crippen LogP contribution is -2.38. The first-order chi connectivity index (χ1) is 22.3. The van der Waals surface area contributed by atoms with Crippen LogP contribution >= 0.6 is 0 Å². The van der Waals surface area contributed by atoms with Crippen LogP contribution in [0.5, 0.6) is 0 Å². The van der Waals surface area contributed by atoms with E-state index >= 15 is 0 Å². The smallest absolute Gasteiger partial charge is 0.411 e. The highest BCUT2D eigenvalue weighted by molar-refractivity contribution is 5.73. The Morgan fingerprint density at radius 3 is 1.72 bits per heavy atom. The summed E-state index contributed by atoms with van der Waals surface area (Å²) in [6.07, 6.45) is 6.87. The van der Waals surface area contributed by atoms with Gasteiger partial charge in [-0.15, -0.1) is 0 Å². The van der Waals surface area contributed by atoms with Crippen LogP contribution in [-0.2, 0) is 9.47 Å². The minimum atomic E-state index is -0.536. The number of hydrogen-bond acceptors (Lipinski definition) is 6. The molecule has 2 aromatic carbocycles. The standard InChI is InChI=1S/C37H44N6O4/c1-36(2,3)46-34(44)42-17-7-8-29(42)32-38-20-27(40-32)24-13-9-22(10-14-24)23-11-15-25(16-12-23)28-21-39-33(41-28)31-19-26-18-30(26)43(31)35(45)47-37(4,5)6/h9-16,20-21,26,29-31H,7-8,17-19H2,1-6H3,(H,38,40)(H,39,41)/t26-,29+,30-,31+/m1/s1. The van der Waals surface area contributed by atoms with Gasteiger partial charge < -0.3 is 19.4 Å². The minimum absolute atomic E-state index is 0.0897. The topological polar surface area (TPSA) is 116 Å². The molecule has 1 aliphatic carbocycles. The fourth-order valence-corrected chi connectivity index (χ4v) is 6.86. The van der Waals surface area contributed by atoms with Gasteiger partial charge in [-0.3, -0.25) is 9.80 Å². The summed E-state index contributed by atoms with van der Waals surface area (Å²) in [5, 5.41) is 0. The molecule has 47 heavy (non-hydrogen) atoms. The van der Waals surface area contributed by atoms with Gasteiger partial charge in [0, 0.05) is 12.6 Å². The van der Waals surface area contributed by atoms with Crippen molar-refractivity contribution in [2.75, 3.05) is 6.54 Å². The molecule has 1 saturated carbocycles. The summed E-state index contributed by atoms with van der Waals surface area (Å²) in [5.74, 6) is 2.13. The third kappa shape index (κ3) is 6.50. The normalized spacial score (nSPS) is 22.3. The second-order valence-corrected chi connectivity index (χ2v) is 15.1. The van der Waals surface area contributed by atoms with Gasteiger partial charge in [-0.1, -0.05) is 48.5 Å². The van der Waals surface area contributed by atoms with Crippen LogP contribution in [0.3, 0.4) is 0 Å². The highest BCUT2D eigenvalue weighted by Gasteiger charge is 2.56. The Hall–Kier alpha value is -4.60. The van der Waals surface area contributed by atoms with E-state index in [1.807, 2.05) is 58.8 Å². The molecule has 2 aromatic heterocycles. The second-order valence-electron chi connectivity index (χ2n) is 15.1. The lowest BCUT2D eigenvalue weighted by atomic mass is 10.0. The van der Waals surface area contributed by atoms with Crippen LogP contribution in [0.15, 0.2) is 60.9 Å². The molecule has 2 aliphatic heterocycles. The highest BCUT2D eigenvalue weighted by Crippen LogP contribution is 2.53. The predicted octanol–water partition coefficient (Wildman–Crippen LogP) is 8.28. The highest BCUT2D eigenvalue weighted by atomic mass is 16.6. The fourth-order valence-electron chi connectivity index (χ4n) is 6.86. The average Bonchev–Trinajstić information content (AvgIpc) is 3.56. The molecule has 246 valence electrons. The van der Waals surface area contributed by atoms with Crippen molar-refractivity contribution < 1.29 is 19.1 Å². The van der Waals surface area contributed by atoms with Crippen molar-refractivity contribution in [3.05, 3.63) is 72.6 Å². The summed E-state index contributed by atoms with van der Waals surface area (Å²) in [4.78, 5) is 45.7. The van der Waals surface area contributed by atoms with Crippen LogP contribution in [0.25, 0.3) is 33.6 Å². The number of aromatic amines is 2. The SMILES string of the molecule is CC(C)(C)OC(=O)N1CCC[C@H]1c1ncc(-c2ccc(-c3ccc(-c4cnc([C@@H]5C[C@H]6C[C@H]6N5C(=O)OC(C)(C)C)[nH]4)cc3)cc2)[nH]1. The van der Waals surface area contributed by atoms with Gasteiger partial charge in [0.2, 0.25) is 0 Å². The zero-order valence-electron chi connectivity index (χ0n) is 28.0. The Morgan fingerprint density at radius 1 is 0.702 bits per heavy atom. The maximum absolute atomic E-state index is 13.0. The molecule has 4 aromatic rings. The van der Waals surface area contributed by atoms with Crippen molar-refractivity contribution in [2.24, 2.45) is 5.92 Å². The number of piperidine rings is 1. The van der Waals surface area contributed by atoms with Crippen molar-refractivity contribution >= 4 is 12.2 Å². The Labute approximate surface area is 275 Å². The number of fused-ring (bicyclic) bond motifs is 1. The number of imidazole rings is 2. The van der Waals surface area contributed by atoms with E-state index in [0.717, 1.165) is 71.0 Å². The molecule has 10 heteroatoms. The number of ether oxygens (including phenoxy) is 2. The number of nitrogens with one attached hydrogen (secondary N) is 2. The van der Waals surface area contributed by atoms with Gasteiger partial charge in [0.05, 0.1) is 35.9 Å². The summed E-state index contributed by atoms with van der Waals surface area (Å²) in [7, 11) is 0. The van der Waals surface area contributed by atoms with E-state index in [4.69, 9.17) is 14.5 Å². The van der Waals surface area contributed by atoms with Gasteiger partial charge in [0.1, 0.15) is 22.9 Å². The molecule has 2 saturated heterocycles. The molecule has 0 radical (unpaired) electrons. The van der Waals surface area contributed by atoms with Crippen LogP contribution in [-0.4, -0.2) is 65.7 Å². The molecule has 0 bridgehead atoms. The number of carbonyl (C=O) groups is 2. The first-order valence-electron chi connectivity index (χ1n) is 16.6. The molecular formula is C37H44N6O4. The molecule has 3 aliphatic rings. The van der Waals surface area contributed by atoms with Gasteiger partial charge in [0.25, 0.3) is 0 Å². The number of nitrogens with zero attached hydrogens (tertiary/aromatic N) is 4. The van der Waals surface area contributed by atoms with Crippen LogP contribution < -0.4 is 0 Å². The van der Waals surface area contributed by atoms with Crippen LogP contribution in [0.4, 0.5) is 9.59 Å². The van der Waals surface area contributed by atoms with Crippen molar-refractivity contribution in [3.8, 4) is 33.6 Å². The van der Waals surface area contributed by atoms with Gasteiger partial charge in [-0.05, 0) is 95.4 Å². The predicted molar refractivity (Wildman–Crippen MR) is 179 cm³/mol. The summed E-state index contributed by atoms with van der Waals surface area (Å²) in [6, 6.07) is 16.9. The van der Waals surface area contributed by atoms with Crippen molar-refractivity contribution in [2.45, 2.75) is 96.6 Å². The molecule has 2 amide bonds. The molecule has 0 spiro atoms. The van der Waals surface area contributed by atoms with E-state index in [0.29, 0.717) is 12.5 Å². The number of carbonyl (C=O) groups excluding carboxylic acids is 2. The van der Waals surface area contributed by atoms with Crippen molar-refractivity contribution in [3.63, 3.8) is 0 Å². The van der Waals surface area contributed by atoms with E-state index in [2.05, 4.69) is 63.5 Å². The monoisotopic (exact) mass is 636 g/mol. The number of benzene rings is 2. The van der Waals surface area contributed by atoms with Gasteiger partial charge in [0.15, 0.2) is 0 Å². The molecule has 0 unspecified atom stereocenters. The fraction of sp³-hybridized carbons (Fsp3) is 0.459. The van der Waals surface area contributed by atoms with E-state index in [1.165, 1.54) is 0 Å². The summed E-state index contributed by atoms with van der Waals surface area (Å²) in [6.45, 7) is 12.0. The summed E-state index contributed by atoms with van der Waals surface area (Å²) < 4.78 is 11.3. The van der Waals surface area contributed by atoms with Gasteiger partial charge in [-0.2, -0.15) is 0 Å². The molecule has 3 fully saturated rings. The van der Waals surface area contributed by atoms with E-state index in [-0.39, 0.29) is 30.3 Å². The van der Waals surface area contributed by atoms with E-state index < -0.39 is 11.2 Å². The Morgan fingerprint density at radius 2 is 1.19 bits per heavy atom. The van der Waals surface area contributed by atoms with Crippen molar-refractivity contribution in [1.82, 2.24) is 29.7 Å². The summed E-state index contributed by atoms with van der Waals surface area (Å²) >= 11 is 0. The lowest BCUT2D eigenvalue weighted by Gasteiger charge is -2.29. The zero-order chi connectivity index (χ0) is 33.1. The second kappa shape index (κ2) is 11.6. The van der Waals surface area contributed by atoms with E-state index in [1.54, 1.807) is 4.90 Å². The van der Waals surface area contributed by atoms with Gasteiger partial charge in [-0.25, -0.2) is 19.6 Å².